The van der Waals surface area contributed by atoms with Crippen LogP contribution in [0.25, 0.3) is 10.9 Å². The zero-order valence-corrected chi connectivity index (χ0v) is 13.1. The normalized spacial score (nSPS) is 12.2. The number of urea groups is 1. The highest BCUT2D eigenvalue weighted by Crippen LogP contribution is 2.21. The minimum absolute atomic E-state index is 0.145. The molecular weight excluding hydrogens is 284 g/mol. The first kappa shape index (κ1) is 15.8. The first-order valence-electron chi connectivity index (χ1n) is 6.98. The number of aryl methyl sites for hydroxylation is 2. The molecule has 1 atom stereocenters. The Morgan fingerprint density at radius 3 is 2.77 bits per heavy atom. The summed E-state index contributed by atoms with van der Waals surface area (Å²) in [4.78, 5) is 24.3. The highest BCUT2D eigenvalue weighted by Gasteiger charge is 2.17. The number of aromatic nitrogens is 2. The maximum atomic E-state index is 12.1. The lowest BCUT2D eigenvalue weighted by atomic mass is 10.2. The van der Waals surface area contributed by atoms with Gasteiger partial charge in [0.1, 0.15) is 0 Å². The van der Waals surface area contributed by atoms with E-state index >= 15 is 0 Å². The standard InChI is InChI=1S/C15H20N4O3/c1-9(14(20)21)8-18(3)15(22)16-11-5-6-12-10(2)19(4)17-13(12)7-11/h5-7,9H,8H2,1-4H3,(H,16,22)(H,20,21). The highest BCUT2D eigenvalue weighted by molar-refractivity contribution is 5.93. The molecule has 0 aliphatic carbocycles. The monoisotopic (exact) mass is 304 g/mol. The Morgan fingerprint density at radius 2 is 2.14 bits per heavy atom. The van der Waals surface area contributed by atoms with Crippen LogP contribution in [0, 0.1) is 12.8 Å². The van der Waals surface area contributed by atoms with Crippen molar-refractivity contribution in [2.24, 2.45) is 13.0 Å². The van der Waals surface area contributed by atoms with Gasteiger partial charge in [-0.05, 0) is 25.1 Å². The summed E-state index contributed by atoms with van der Waals surface area (Å²) in [5.41, 5.74) is 2.49. The molecule has 7 heteroatoms. The molecule has 2 aromatic rings. The summed E-state index contributed by atoms with van der Waals surface area (Å²) in [6.07, 6.45) is 0. The topological polar surface area (TPSA) is 87.5 Å². The molecule has 1 aromatic heterocycles. The first-order chi connectivity index (χ1) is 10.3. The molecule has 2 rings (SSSR count). The summed E-state index contributed by atoms with van der Waals surface area (Å²) in [5.74, 6) is -1.54. The largest absolute Gasteiger partial charge is 0.481 e. The van der Waals surface area contributed by atoms with Crippen molar-refractivity contribution in [3.8, 4) is 0 Å². The molecule has 0 spiro atoms. The van der Waals surface area contributed by atoms with Crippen LogP contribution in [0.5, 0.6) is 0 Å². The number of hydrogen-bond donors (Lipinski definition) is 2. The molecule has 0 aliphatic heterocycles. The van der Waals surface area contributed by atoms with Gasteiger partial charge in [0, 0.05) is 37.4 Å². The van der Waals surface area contributed by atoms with Crippen LogP contribution in [0.1, 0.15) is 12.6 Å². The smallest absolute Gasteiger partial charge is 0.321 e. The van der Waals surface area contributed by atoms with Crippen molar-refractivity contribution in [3.63, 3.8) is 0 Å². The van der Waals surface area contributed by atoms with Gasteiger partial charge in [-0.1, -0.05) is 6.92 Å². The van der Waals surface area contributed by atoms with Crippen LogP contribution in [0.3, 0.4) is 0 Å². The van der Waals surface area contributed by atoms with E-state index in [1.807, 2.05) is 26.1 Å². The van der Waals surface area contributed by atoms with Crippen LogP contribution >= 0.6 is 0 Å². The van der Waals surface area contributed by atoms with Crippen LogP contribution in [0.2, 0.25) is 0 Å². The zero-order chi connectivity index (χ0) is 16.4. The molecule has 1 heterocycles. The molecule has 22 heavy (non-hydrogen) atoms. The number of amides is 2. The SMILES string of the molecule is Cc1c2ccc(NC(=O)N(C)CC(C)C(=O)O)cc2nn1C. The third-order valence-corrected chi connectivity index (χ3v) is 3.70. The Kier molecular flexibility index (Phi) is 4.35. The van der Waals surface area contributed by atoms with Gasteiger partial charge < -0.3 is 15.3 Å². The summed E-state index contributed by atoms with van der Waals surface area (Å²) in [7, 11) is 3.44. The van der Waals surface area contributed by atoms with E-state index in [9.17, 15) is 9.59 Å². The fourth-order valence-electron chi connectivity index (χ4n) is 2.20. The fourth-order valence-corrected chi connectivity index (χ4v) is 2.20. The van der Waals surface area contributed by atoms with Crippen molar-refractivity contribution in [1.82, 2.24) is 14.7 Å². The molecule has 1 aromatic carbocycles. The number of nitrogens with one attached hydrogen (secondary N) is 1. The summed E-state index contributed by atoms with van der Waals surface area (Å²) in [6.45, 7) is 3.69. The number of anilines is 1. The number of fused-ring (bicyclic) bond motifs is 1. The molecule has 2 amide bonds. The Hall–Kier alpha value is -2.57. The quantitative estimate of drug-likeness (QED) is 0.905. The van der Waals surface area contributed by atoms with E-state index in [1.165, 1.54) is 4.90 Å². The van der Waals surface area contributed by atoms with Crippen molar-refractivity contribution in [1.29, 1.82) is 0 Å². The molecule has 0 radical (unpaired) electrons. The molecule has 0 fully saturated rings. The predicted molar refractivity (Wildman–Crippen MR) is 83.9 cm³/mol. The van der Waals surface area contributed by atoms with Gasteiger partial charge in [-0.25, -0.2) is 4.79 Å². The molecule has 7 nitrogen and oxygen atoms in total. The molecule has 0 saturated carbocycles. The number of benzene rings is 1. The summed E-state index contributed by atoms with van der Waals surface area (Å²) in [6, 6.07) is 5.17. The molecule has 118 valence electrons. The Bertz CT molecular complexity index is 723. The van der Waals surface area contributed by atoms with Gasteiger partial charge in [0.15, 0.2) is 0 Å². The van der Waals surface area contributed by atoms with Crippen molar-refractivity contribution in [2.45, 2.75) is 13.8 Å². The second kappa shape index (κ2) is 6.05. The van der Waals surface area contributed by atoms with Crippen LogP contribution in [0.15, 0.2) is 18.2 Å². The second-order valence-electron chi connectivity index (χ2n) is 5.49. The average molecular weight is 304 g/mol. The summed E-state index contributed by atoms with van der Waals surface area (Å²) >= 11 is 0. The number of nitrogens with zero attached hydrogens (tertiary/aromatic N) is 3. The molecule has 1 unspecified atom stereocenters. The van der Waals surface area contributed by atoms with Gasteiger partial charge in [-0.3, -0.25) is 9.48 Å². The van der Waals surface area contributed by atoms with Crippen LogP contribution in [-0.2, 0) is 11.8 Å². The van der Waals surface area contributed by atoms with E-state index in [0.29, 0.717) is 5.69 Å². The Morgan fingerprint density at radius 1 is 1.45 bits per heavy atom. The first-order valence-corrected chi connectivity index (χ1v) is 6.98. The minimum Gasteiger partial charge on any atom is -0.481 e. The third kappa shape index (κ3) is 3.19. The highest BCUT2D eigenvalue weighted by atomic mass is 16.4. The lowest BCUT2D eigenvalue weighted by Crippen LogP contribution is -2.36. The van der Waals surface area contributed by atoms with Gasteiger partial charge in [-0.15, -0.1) is 0 Å². The van der Waals surface area contributed by atoms with E-state index in [-0.39, 0.29) is 12.6 Å². The number of rotatable bonds is 4. The lowest BCUT2D eigenvalue weighted by Gasteiger charge is -2.20. The maximum Gasteiger partial charge on any atom is 0.321 e. The second-order valence-corrected chi connectivity index (χ2v) is 5.49. The van der Waals surface area contributed by atoms with Gasteiger partial charge in [0.25, 0.3) is 0 Å². The number of hydrogen-bond acceptors (Lipinski definition) is 3. The Labute approximate surface area is 128 Å². The van der Waals surface area contributed by atoms with E-state index < -0.39 is 11.9 Å². The molecule has 0 saturated heterocycles. The molecule has 2 N–H and O–H groups in total. The maximum absolute atomic E-state index is 12.1. The summed E-state index contributed by atoms with van der Waals surface area (Å²) < 4.78 is 1.79. The zero-order valence-electron chi connectivity index (χ0n) is 13.1. The van der Waals surface area contributed by atoms with Gasteiger partial charge in [0.05, 0.1) is 11.4 Å². The number of carboxylic acid groups (broad SMARTS) is 1. The van der Waals surface area contributed by atoms with Crippen LogP contribution < -0.4 is 5.32 Å². The van der Waals surface area contributed by atoms with E-state index in [2.05, 4.69) is 10.4 Å². The number of carbonyl (C=O) groups excluding carboxylic acids is 1. The van der Waals surface area contributed by atoms with Crippen LogP contribution in [-0.4, -0.2) is 45.4 Å². The van der Waals surface area contributed by atoms with Gasteiger partial charge in [0.2, 0.25) is 0 Å². The van der Waals surface area contributed by atoms with Crippen molar-refractivity contribution >= 4 is 28.6 Å². The third-order valence-electron chi connectivity index (χ3n) is 3.70. The summed E-state index contributed by atoms with van der Waals surface area (Å²) in [5, 5.41) is 17.0. The van der Waals surface area contributed by atoms with Crippen molar-refractivity contribution in [3.05, 3.63) is 23.9 Å². The predicted octanol–water partition coefficient (Wildman–Crippen LogP) is 2.07. The number of carbonyl (C=O) groups is 2. The number of aliphatic carboxylic acids is 1. The molecular formula is C15H20N4O3. The van der Waals surface area contributed by atoms with E-state index in [1.54, 1.807) is 24.7 Å². The van der Waals surface area contributed by atoms with E-state index in [0.717, 1.165) is 16.6 Å². The molecule has 0 aliphatic rings. The van der Waals surface area contributed by atoms with Crippen molar-refractivity contribution in [2.75, 3.05) is 18.9 Å². The van der Waals surface area contributed by atoms with Crippen LogP contribution in [0.4, 0.5) is 10.5 Å². The van der Waals surface area contributed by atoms with Gasteiger partial charge in [-0.2, -0.15) is 5.10 Å². The lowest BCUT2D eigenvalue weighted by molar-refractivity contribution is -0.141. The average Bonchev–Trinajstić information content (AvgIpc) is 2.73. The minimum atomic E-state index is -0.926. The van der Waals surface area contributed by atoms with E-state index in [4.69, 9.17) is 5.11 Å². The van der Waals surface area contributed by atoms with Gasteiger partial charge >= 0.3 is 12.0 Å². The van der Waals surface area contributed by atoms with Crippen molar-refractivity contribution < 1.29 is 14.7 Å². The number of carboxylic acids is 1. The fraction of sp³-hybridized carbons (Fsp3) is 0.400. The molecule has 0 bridgehead atoms. The Balaban J connectivity index is 2.10.